The van der Waals surface area contributed by atoms with Crippen LogP contribution in [0.4, 0.5) is 0 Å². The van der Waals surface area contributed by atoms with E-state index in [1.54, 1.807) is 0 Å². The first kappa shape index (κ1) is 14.0. The molecule has 0 amide bonds. The van der Waals surface area contributed by atoms with Crippen molar-refractivity contribution in [1.29, 1.82) is 0 Å². The summed E-state index contributed by atoms with van der Waals surface area (Å²) in [6.07, 6.45) is 0.266. The van der Waals surface area contributed by atoms with Gasteiger partial charge in [-0.2, -0.15) is 0 Å². The summed E-state index contributed by atoms with van der Waals surface area (Å²) in [6.45, 7) is 5.63. The van der Waals surface area contributed by atoms with Crippen molar-refractivity contribution in [2.24, 2.45) is 0 Å². The summed E-state index contributed by atoms with van der Waals surface area (Å²) in [5.41, 5.74) is -0.515. The fraction of sp³-hybridized carbons (Fsp3) is 0.615. The Bertz CT molecular complexity index is 488. The first-order valence-electron chi connectivity index (χ1n) is 6.44. The van der Waals surface area contributed by atoms with Crippen LogP contribution in [-0.4, -0.2) is 35.5 Å². The second-order valence-electron chi connectivity index (χ2n) is 5.10. The third kappa shape index (κ3) is 3.34. The van der Waals surface area contributed by atoms with Crippen LogP contribution in [0.3, 0.4) is 0 Å². The van der Waals surface area contributed by atoms with Gasteiger partial charge in [-0.15, -0.1) is 0 Å². The average Bonchev–Trinajstić information content (AvgIpc) is 2.33. The van der Waals surface area contributed by atoms with Crippen LogP contribution < -0.4 is 10.3 Å². The van der Waals surface area contributed by atoms with Gasteiger partial charge in [-0.3, -0.25) is 4.79 Å². The van der Waals surface area contributed by atoms with Gasteiger partial charge in [0.1, 0.15) is 44.2 Å². The highest BCUT2D eigenvalue weighted by molar-refractivity contribution is 5.24. The first-order chi connectivity index (χ1) is 8.99. The summed E-state index contributed by atoms with van der Waals surface area (Å²) in [5, 5.41) is 18.8. The number of hydrogen-bond acceptors (Lipinski definition) is 5. The van der Waals surface area contributed by atoms with Crippen molar-refractivity contribution in [2.45, 2.75) is 39.2 Å². The molecular weight excluding hydrogens is 250 g/mol. The van der Waals surface area contributed by atoms with Crippen LogP contribution in [0.1, 0.15) is 25.4 Å². The normalized spacial score (nSPS) is 27.4. The van der Waals surface area contributed by atoms with E-state index in [9.17, 15) is 9.90 Å². The van der Waals surface area contributed by atoms with E-state index in [0.717, 1.165) is 19.2 Å². The number of rotatable bonds is 3. The number of nitrogens with one attached hydrogen (secondary N) is 1. The van der Waals surface area contributed by atoms with E-state index < -0.39 is 5.43 Å². The van der Waals surface area contributed by atoms with Gasteiger partial charge in [-0.05, 0) is 13.8 Å². The molecule has 1 unspecified atom stereocenters. The van der Waals surface area contributed by atoms with E-state index in [1.807, 2.05) is 13.8 Å². The Balaban J connectivity index is 2.18. The Morgan fingerprint density at radius 3 is 2.58 bits per heavy atom. The lowest BCUT2D eigenvalue weighted by Crippen LogP contribution is -3.14. The molecule has 1 aliphatic heterocycles. The van der Waals surface area contributed by atoms with Crippen LogP contribution in [0.25, 0.3) is 0 Å². The summed E-state index contributed by atoms with van der Waals surface area (Å²) in [7, 11) is 0. The highest BCUT2D eigenvalue weighted by Gasteiger charge is 2.27. The van der Waals surface area contributed by atoms with Gasteiger partial charge in [0.25, 0.3) is 0 Å². The lowest BCUT2D eigenvalue weighted by atomic mass is 10.2. The lowest BCUT2D eigenvalue weighted by Gasteiger charge is -2.32. The molecule has 0 bridgehead atoms. The Kier molecular flexibility index (Phi) is 4.24. The number of quaternary nitrogens is 1. The number of aliphatic hydroxyl groups is 1. The average molecular weight is 270 g/mol. The summed E-state index contributed by atoms with van der Waals surface area (Å²) >= 11 is 0. The van der Waals surface area contributed by atoms with E-state index in [1.165, 1.54) is 4.90 Å². The van der Waals surface area contributed by atoms with Gasteiger partial charge in [0, 0.05) is 6.07 Å². The first-order valence-corrected chi connectivity index (χ1v) is 6.44. The van der Waals surface area contributed by atoms with Crippen LogP contribution >= 0.6 is 0 Å². The molecule has 2 heterocycles. The molecule has 0 aliphatic carbocycles. The summed E-state index contributed by atoms with van der Waals surface area (Å²) in [6, 6.07) is 1.11. The van der Waals surface area contributed by atoms with Crippen LogP contribution in [-0.2, 0) is 17.9 Å². The molecule has 0 spiro atoms. The third-order valence-electron chi connectivity index (χ3n) is 3.23. The Labute approximate surface area is 111 Å². The van der Waals surface area contributed by atoms with Crippen LogP contribution in [0, 0.1) is 0 Å². The maximum Gasteiger partial charge on any atom is 0.227 e. The zero-order chi connectivity index (χ0) is 14.0. The largest absolute Gasteiger partial charge is 0.502 e. The quantitative estimate of drug-likeness (QED) is 0.658. The molecular formula is C13H20NO5+. The van der Waals surface area contributed by atoms with Gasteiger partial charge in [-0.25, -0.2) is 0 Å². The fourth-order valence-corrected chi connectivity index (χ4v) is 2.55. The molecule has 6 heteroatoms. The molecule has 0 aromatic carbocycles. The summed E-state index contributed by atoms with van der Waals surface area (Å²) in [5.74, 6) is 0.0379. The smallest absolute Gasteiger partial charge is 0.227 e. The monoisotopic (exact) mass is 270 g/mol. The van der Waals surface area contributed by atoms with Crippen molar-refractivity contribution >= 4 is 0 Å². The van der Waals surface area contributed by atoms with Crippen molar-refractivity contribution in [1.82, 2.24) is 0 Å². The molecule has 3 N–H and O–H groups in total. The standard InChI is InChI=1S/C13H19NO5/c1-8-4-14(5-9(2)18-8)6-12-13(17)11(16)3-10(7-15)19-12/h3,8-9,15,17H,4-7H2,1-2H3/p+1/t8-,9+. The molecule has 3 atom stereocenters. The van der Waals surface area contributed by atoms with Crippen molar-refractivity contribution < 1.29 is 24.3 Å². The summed E-state index contributed by atoms with van der Waals surface area (Å²) in [4.78, 5) is 12.7. The highest BCUT2D eigenvalue weighted by Crippen LogP contribution is 2.13. The SMILES string of the molecule is C[C@@H]1C[NH+](Cc2oc(CO)cc(=O)c2O)C[C@H](C)O1. The fourth-order valence-electron chi connectivity index (χ4n) is 2.55. The highest BCUT2D eigenvalue weighted by atomic mass is 16.5. The number of ether oxygens (including phenoxy) is 1. The van der Waals surface area contributed by atoms with Gasteiger partial charge in [-0.1, -0.05) is 0 Å². The van der Waals surface area contributed by atoms with Crippen LogP contribution in [0.5, 0.6) is 5.75 Å². The molecule has 106 valence electrons. The molecule has 0 radical (unpaired) electrons. The molecule has 1 aromatic heterocycles. The summed E-state index contributed by atoms with van der Waals surface area (Å²) < 4.78 is 11.0. The molecule has 1 aliphatic rings. The number of hydrogen-bond donors (Lipinski definition) is 3. The molecule has 2 rings (SSSR count). The zero-order valence-corrected chi connectivity index (χ0v) is 11.2. The second-order valence-corrected chi connectivity index (χ2v) is 5.10. The molecule has 0 saturated carbocycles. The maximum absolute atomic E-state index is 11.5. The third-order valence-corrected chi connectivity index (χ3v) is 3.23. The van der Waals surface area contributed by atoms with Gasteiger partial charge < -0.3 is 24.3 Å². The van der Waals surface area contributed by atoms with Gasteiger partial charge in [0.2, 0.25) is 16.9 Å². The topological polar surface area (TPSA) is 84.3 Å². The Hall–Kier alpha value is -1.37. The van der Waals surface area contributed by atoms with Crippen molar-refractivity contribution in [3.05, 3.63) is 27.8 Å². The zero-order valence-electron chi connectivity index (χ0n) is 11.2. The number of aliphatic hydroxyl groups excluding tert-OH is 1. The molecule has 1 fully saturated rings. The maximum atomic E-state index is 11.5. The predicted molar refractivity (Wildman–Crippen MR) is 67.0 cm³/mol. The minimum Gasteiger partial charge on any atom is -0.502 e. The van der Waals surface area contributed by atoms with E-state index in [2.05, 4.69) is 0 Å². The number of morpholine rings is 1. The molecule has 6 nitrogen and oxygen atoms in total. The van der Waals surface area contributed by atoms with Crippen molar-refractivity contribution in [3.63, 3.8) is 0 Å². The van der Waals surface area contributed by atoms with Gasteiger partial charge in [0.15, 0.2) is 0 Å². The Morgan fingerprint density at radius 1 is 1.37 bits per heavy atom. The molecule has 1 aromatic rings. The molecule has 19 heavy (non-hydrogen) atoms. The van der Waals surface area contributed by atoms with Gasteiger partial charge in [0.05, 0.1) is 0 Å². The van der Waals surface area contributed by atoms with Gasteiger partial charge >= 0.3 is 0 Å². The van der Waals surface area contributed by atoms with E-state index in [4.69, 9.17) is 14.3 Å². The lowest BCUT2D eigenvalue weighted by molar-refractivity contribution is -0.929. The van der Waals surface area contributed by atoms with E-state index in [-0.39, 0.29) is 36.1 Å². The van der Waals surface area contributed by atoms with Crippen LogP contribution in [0.2, 0.25) is 0 Å². The van der Waals surface area contributed by atoms with E-state index in [0.29, 0.717) is 6.54 Å². The molecule has 1 saturated heterocycles. The van der Waals surface area contributed by atoms with Crippen molar-refractivity contribution in [3.8, 4) is 5.75 Å². The predicted octanol–water partition coefficient (Wildman–Crippen LogP) is -0.970. The Morgan fingerprint density at radius 2 is 2.00 bits per heavy atom. The van der Waals surface area contributed by atoms with Crippen molar-refractivity contribution in [2.75, 3.05) is 13.1 Å². The van der Waals surface area contributed by atoms with E-state index >= 15 is 0 Å². The minimum atomic E-state index is -0.515. The minimum absolute atomic E-state index is 0.133. The number of aromatic hydroxyl groups is 1. The second kappa shape index (κ2) is 5.73. The van der Waals surface area contributed by atoms with Crippen LogP contribution in [0.15, 0.2) is 15.3 Å².